The van der Waals surface area contributed by atoms with Gasteiger partial charge < -0.3 is 5.32 Å². The van der Waals surface area contributed by atoms with Gasteiger partial charge in [0.15, 0.2) is 11.6 Å². The van der Waals surface area contributed by atoms with Gasteiger partial charge in [-0.1, -0.05) is 49.0 Å². The molecule has 114 valence electrons. The lowest BCUT2D eigenvalue weighted by atomic mass is 9.82. The molecule has 0 spiro atoms. The summed E-state index contributed by atoms with van der Waals surface area (Å²) in [6, 6.07) is 16.4. The first-order chi connectivity index (χ1) is 11.1. The van der Waals surface area contributed by atoms with Crippen molar-refractivity contribution in [1.82, 2.24) is 0 Å². The second-order valence-corrected chi connectivity index (χ2v) is 5.91. The first kappa shape index (κ1) is 13.9. The third kappa shape index (κ3) is 2.29. The Balaban J connectivity index is 1.92. The van der Waals surface area contributed by atoms with Crippen molar-refractivity contribution in [3.63, 3.8) is 0 Å². The molecule has 0 aliphatic carbocycles. The van der Waals surface area contributed by atoms with Crippen molar-refractivity contribution >= 4 is 16.5 Å². The van der Waals surface area contributed by atoms with Gasteiger partial charge in [-0.2, -0.15) is 0 Å². The zero-order chi connectivity index (χ0) is 16.0. The molecule has 1 unspecified atom stereocenters. The monoisotopic (exact) mass is 307 g/mol. The molecule has 0 aromatic heterocycles. The Labute approximate surface area is 133 Å². The standard InChI is InChI=1S/C20H15F2N/c1-12-10-17(14-7-9-18(21)19(22)11-14)16-8-6-13-4-2-3-5-15(13)20(16)23-12/h2-9,11,17,23H,1,10H2. The van der Waals surface area contributed by atoms with Crippen molar-refractivity contribution in [3.8, 4) is 0 Å². The SMILES string of the molecule is C=C1CC(c2ccc(F)c(F)c2)c2ccc3ccccc3c2N1. The number of hydrogen-bond donors (Lipinski definition) is 1. The minimum atomic E-state index is -0.819. The molecule has 0 saturated carbocycles. The summed E-state index contributed by atoms with van der Waals surface area (Å²) in [5.41, 5.74) is 3.74. The lowest BCUT2D eigenvalue weighted by Crippen LogP contribution is -2.16. The van der Waals surface area contributed by atoms with Crippen LogP contribution >= 0.6 is 0 Å². The van der Waals surface area contributed by atoms with Crippen molar-refractivity contribution in [1.29, 1.82) is 0 Å². The molecule has 3 aromatic carbocycles. The molecule has 1 aliphatic heterocycles. The van der Waals surface area contributed by atoms with Gasteiger partial charge in [-0.3, -0.25) is 0 Å². The first-order valence-corrected chi connectivity index (χ1v) is 7.55. The molecule has 1 heterocycles. The van der Waals surface area contributed by atoms with Crippen LogP contribution in [-0.2, 0) is 0 Å². The Morgan fingerprint density at radius 2 is 1.78 bits per heavy atom. The molecule has 0 amide bonds. The third-order valence-electron chi connectivity index (χ3n) is 4.43. The Kier molecular flexibility index (Phi) is 3.15. The zero-order valence-electron chi connectivity index (χ0n) is 12.4. The van der Waals surface area contributed by atoms with Gasteiger partial charge in [0.05, 0.1) is 0 Å². The van der Waals surface area contributed by atoms with E-state index in [0.717, 1.165) is 33.3 Å². The van der Waals surface area contributed by atoms with E-state index in [2.05, 4.69) is 36.2 Å². The maximum absolute atomic E-state index is 13.6. The van der Waals surface area contributed by atoms with Crippen LogP contribution in [-0.4, -0.2) is 0 Å². The Bertz CT molecular complexity index is 930. The molecule has 1 aliphatic rings. The highest BCUT2D eigenvalue weighted by Gasteiger charge is 2.25. The van der Waals surface area contributed by atoms with Crippen LogP contribution in [0.25, 0.3) is 10.8 Å². The van der Waals surface area contributed by atoms with Gasteiger partial charge in [0, 0.05) is 22.7 Å². The third-order valence-corrected chi connectivity index (χ3v) is 4.43. The fraction of sp³-hybridized carbons (Fsp3) is 0.100. The maximum Gasteiger partial charge on any atom is 0.159 e. The average molecular weight is 307 g/mol. The van der Waals surface area contributed by atoms with Crippen molar-refractivity contribution in [3.05, 3.63) is 89.6 Å². The molecule has 1 nitrogen and oxygen atoms in total. The summed E-state index contributed by atoms with van der Waals surface area (Å²) in [6.45, 7) is 4.06. The quantitative estimate of drug-likeness (QED) is 0.619. The zero-order valence-corrected chi connectivity index (χ0v) is 12.4. The first-order valence-electron chi connectivity index (χ1n) is 7.55. The van der Waals surface area contributed by atoms with Crippen LogP contribution in [0.5, 0.6) is 0 Å². The van der Waals surface area contributed by atoms with E-state index in [-0.39, 0.29) is 5.92 Å². The van der Waals surface area contributed by atoms with Crippen molar-refractivity contribution in [2.45, 2.75) is 12.3 Å². The van der Waals surface area contributed by atoms with Crippen LogP contribution in [0.2, 0.25) is 0 Å². The normalized spacial score (nSPS) is 17.0. The number of halogens is 2. The maximum atomic E-state index is 13.6. The highest BCUT2D eigenvalue weighted by Crippen LogP contribution is 2.43. The van der Waals surface area contributed by atoms with Crippen LogP contribution in [0.3, 0.4) is 0 Å². The molecule has 3 aromatic rings. The summed E-state index contributed by atoms with van der Waals surface area (Å²) in [5.74, 6) is -1.66. The fourth-order valence-corrected chi connectivity index (χ4v) is 3.33. The minimum Gasteiger partial charge on any atom is -0.359 e. The molecular formula is C20H15F2N. The van der Waals surface area contributed by atoms with Gasteiger partial charge in [0.25, 0.3) is 0 Å². The van der Waals surface area contributed by atoms with Gasteiger partial charge in [-0.15, -0.1) is 0 Å². The van der Waals surface area contributed by atoms with Crippen LogP contribution in [0, 0.1) is 11.6 Å². The van der Waals surface area contributed by atoms with E-state index in [4.69, 9.17) is 0 Å². The lowest BCUT2D eigenvalue weighted by molar-refractivity contribution is 0.506. The molecule has 0 saturated heterocycles. The van der Waals surface area contributed by atoms with E-state index >= 15 is 0 Å². The molecule has 3 heteroatoms. The minimum absolute atomic E-state index is 0.0292. The summed E-state index contributed by atoms with van der Waals surface area (Å²) in [4.78, 5) is 0. The van der Waals surface area contributed by atoms with Crippen LogP contribution in [0.4, 0.5) is 14.5 Å². The molecule has 1 atom stereocenters. The summed E-state index contributed by atoms with van der Waals surface area (Å²) < 4.78 is 26.9. The highest BCUT2D eigenvalue weighted by molar-refractivity contribution is 5.97. The topological polar surface area (TPSA) is 12.0 Å². The number of rotatable bonds is 1. The van der Waals surface area contributed by atoms with E-state index in [9.17, 15) is 8.78 Å². The molecule has 23 heavy (non-hydrogen) atoms. The van der Waals surface area contributed by atoms with Crippen molar-refractivity contribution in [2.24, 2.45) is 0 Å². The van der Waals surface area contributed by atoms with Gasteiger partial charge in [-0.05, 0) is 35.1 Å². The Morgan fingerprint density at radius 3 is 2.61 bits per heavy atom. The van der Waals surface area contributed by atoms with E-state index in [1.807, 2.05) is 12.1 Å². The summed E-state index contributed by atoms with van der Waals surface area (Å²) >= 11 is 0. The number of nitrogens with one attached hydrogen (secondary N) is 1. The number of anilines is 1. The lowest BCUT2D eigenvalue weighted by Gasteiger charge is -2.30. The van der Waals surface area contributed by atoms with Gasteiger partial charge >= 0.3 is 0 Å². The second-order valence-electron chi connectivity index (χ2n) is 5.91. The molecular weight excluding hydrogens is 292 g/mol. The Hall–Kier alpha value is -2.68. The van der Waals surface area contributed by atoms with Crippen molar-refractivity contribution in [2.75, 3.05) is 5.32 Å². The molecule has 0 radical (unpaired) electrons. The van der Waals surface area contributed by atoms with E-state index in [1.165, 1.54) is 12.1 Å². The predicted octanol–water partition coefficient (Wildman–Crippen LogP) is 5.58. The largest absolute Gasteiger partial charge is 0.359 e. The number of fused-ring (bicyclic) bond motifs is 3. The van der Waals surface area contributed by atoms with E-state index in [0.29, 0.717) is 6.42 Å². The number of benzene rings is 3. The summed E-state index contributed by atoms with van der Waals surface area (Å²) in [5, 5.41) is 5.61. The second kappa shape index (κ2) is 5.20. The Morgan fingerprint density at radius 1 is 0.957 bits per heavy atom. The predicted molar refractivity (Wildman–Crippen MR) is 89.5 cm³/mol. The van der Waals surface area contributed by atoms with Crippen LogP contribution in [0.1, 0.15) is 23.5 Å². The van der Waals surface area contributed by atoms with Crippen molar-refractivity contribution < 1.29 is 8.78 Å². The average Bonchev–Trinajstić information content (AvgIpc) is 2.56. The van der Waals surface area contributed by atoms with Crippen LogP contribution in [0.15, 0.2) is 66.9 Å². The number of allylic oxidation sites excluding steroid dienone is 1. The molecule has 1 N–H and O–H groups in total. The van der Waals surface area contributed by atoms with Gasteiger partial charge in [0.2, 0.25) is 0 Å². The number of hydrogen-bond acceptors (Lipinski definition) is 1. The van der Waals surface area contributed by atoms with E-state index < -0.39 is 11.6 Å². The molecule has 0 fully saturated rings. The smallest absolute Gasteiger partial charge is 0.159 e. The van der Waals surface area contributed by atoms with Crippen LogP contribution < -0.4 is 5.32 Å². The molecule has 0 bridgehead atoms. The van der Waals surface area contributed by atoms with Gasteiger partial charge in [-0.25, -0.2) is 8.78 Å². The van der Waals surface area contributed by atoms with E-state index in [1.54, 1.807) is 6.07 Å². The van der Waals surface area contributed by atoms with Gasteiger partial charge in [0.1, 0.15) is 0 Å². The highest BCUT2D eigenvalue weighted by atomic mass is 19.2. The summed E-state index contributed by atoms with van der Waals surface area (Å²) in [7, 11) is 0. The molecule has 4 rings (SSSR count). The fourth-order valence-electron chi connectivity index (χ4n) is 3.33. The summed E-state index contributed by atoms with van der Waals surface area (Å²) in [6.07, 6.45) is 0.663.